The van der Waals surface area contributed by atoms with Gasteiger partial charge in [0.15, 0.2) is 0 Å². The van der Waals surface area contributed by atoms with Gasteiger partial charge in [0, 0.05) is 11.4 Å². The lowest BCUT2D eigenvalue weighted by molar-refractivity contribution is 0.479. The van der Waals surface area contributed by atoms with Crippen molar-refractivity contribution in [2.45, 2.75) is 9.79 Å². The zero-order chi connectivity index (χ0) is 24.4. The number of hydrogen-bond acceptors (Lipinski definition) is 11. The molecule has 0 amide bonds. The van der Waals surface area contributed by atoms with Crippen LogP contribution in [0.15, 0.2) is 52.3 Å². The zero-order valence-electron chi connectivity index (χ0n) is 16.1. The summed E-state index contributed by atoms with van der Waals surface area (Å²) in [4.78, 5) is 10.3. The highest BCUT2D eigenvalue weighted by Gasteiger charge is 2.21. The smallest absolute Gasteiger partial charge is 0.296 e. The van der Waals surface area contributed by atoms with Crippen molar-refractivity contribution in [2.24, 2.45) is 0 Å². The summed E-state index contributed by atoms with van der Waals surface area (Å²) in [5.74, 6) is -0.726. The summed E-state index contributed by atoms with van der Waals surface area (Å²) in [5, 5.41) is 5.20. The highest BCUT2D eigenvalue weighted by Crippen LogP contribution is 2.27. The van der Waals surface area contributed by atoms with Gasteiger partial charge in [0.25, 0.3) is 31.5 Å². The highest BCUT2D eigenvalue weighted by molar-refractivity contribution is 7.86. The maximum absolute atomic E-state index is 11.6. The normalized spacial score (nSPS) is 12.7. The van der Waals surface area contributed by atoms with E-state index in [0.717, 1.165) is 18.2 Å². The van der Waals surface area contributed by atoms with Crippen LogP contribution >= 0.6 is 0 Å². The van der Waals surface area contributed by atoms with E-state index >= 15 is 0 Å². The Morgan fingerprint density at radius 1 is 0.818 bits per heavy atom. The van der Waals surface area contributed by atoms with E-state index in [0.29, 0.717) is 11.4 Å². The number of rotatable bonds is 8. The SMILES string of the molecule is Nc1nc(Nc2ccc(NS(=O)O)cc2)nc(Nc2cc(S(=O)(=O)O)ccc2S(=O)(=O)O)n1. The maximum atomic E-state index is 11.6. The van der Waals surface area contributed by atoms with Crippen molar-refractivity contribution >= 4 is 66.4 Å². The van der Waals surface area contributed by atoms with Crippen LogP contribution in [0.25, 0.3) is 0 Å². The fourth-order valence-electron chi connectivity index (χ4n) is 2.47. The van der Waals surface area contributed by atoms with Gasteiger partial charge in [-0.2, -0.15) is 31.8 Å². The molecule has 0 aliphatic carbocycles. The molecule has 0 saturated carbocycles. The first-order chi connectivity index (χ1) is 15.3. The quantitative estimate of drug-likeness (QED) is 0.163. The second kappa shape index (κ2) is 9.21. The van der Waals surface area contributed by atoms with Crippen LogP contribution < -0.4 is 21.1 Å². The Morgan fingerprint density at radius 3 is 1.94 bits per heavy atom. The topological polar surface area (TPSA) is 247 Å². The van der Waals surface area contributed by atoms with E-state index in [1.54, 1.807) is 0 Å². The van der Waals surface area contributed by atoms with Crippen molar-refractivity contribution in [3.8, 4) is 0 Å². The molecule has 0 spiro atoms. The number of aromatic nitrogens is 3. The van der Waals surface area contributed by atoms with E-state index in [-0.39, 0.29) is 17.8 Å². The van der Waals surface area contributed by atoms with Crippen molar-refractivity contribution in [2.75, 3.05) is 21.1 Å². The molecule has 0 radical (unpaired) electrons. The average molecular weight is 518 g/mol. The zero-order valence-corrected chi connectivity index (χ0v) is 18.5. The van der Waals surface area contributed by atoms with Gasteiger partial charge < -0.3 is 16.4 Å². The second-order valence-corrected chi connectivity index (χ2v) is 9.64. The monoisotopic (exact) mass is 517 g/mol. The lowest BCUT2D eigenvalue weighted by atomic mass is 10.3. The predicted molar refractivity (Wildman–Crippen MR) is 118 cm³/mol. The van der Waals surface area contributed by atoms with Crippen LogP contribution in [0.3, 0.4) is 0 Å². The lowest BCUT2D eigenvalue weighted by Crippen LogP contribution is -2.10. The van der Waals surface area contributed by atoms with Crippen molar-refractivity contribution in [1.82, 2.24) is 15.0 Å². The van der Waals surface area contributed by atoms with Gasteiger partial charge in [-0.1, -0.05) is 0 Å². The third-order valence-corrected chi connectivity index (χ3v) is 5.94. The van der Waals surface area contributed by atoms with E-state index in [4.69, 9.17) is 10.3 Å². The Morgan fingerprint density at radius 2 is 1.39 bits per heavy atom. The summed E-state index contributed by atoms with van der Waals surface area (Å²) < 4.78 is 86.6. The minimum absolute atomic E-state index is 0.101. The predicted octanol–water partition coefficient (Wildman–Crippen LogP) is 0.983. The summed E-state index contributed by atoms with van der Waals surface area (Å²) in [7, 11) is -9.49. The van der Waals surface area contributed by atoms with Gasteiger partial charge in [0.05, 0.1) is 10.6 Å². The third-order valence-electron chi connectivity index (χ3n) is 3.77. The van der Waals surface area contributed by atoms with Crippen molar-refractivity contribution < 1.29 is 34.7 Å². The summed E-state index contributed by atoms with van der Waals surface area (Å²) in [6.07, 6.45) is 0. The number of anilines is 6. The van der Waals surface area contributed by atoms with E-state index in [2.05, 4.69) is 30.3 Å². The van der Waals surface area contributed by atoms with Crippen LogP contribution in [-0.2, 0) is 31.5 Å². The summed E-state index contributed by atoms with van der Waals surface area (Å²) in [6.45, 7) is 0. The molecule has 2 aromatic carbocycles. The lowest BCUT2D eigenvalue weighted by Gasteiger charge is -2.12. The highest BCUT2D eigenvalue weighted by atomic mass is 32.2. The molecular weight excluding hydrogens is 502 g/mol. The van der Waals surface area contributed by atoms with E-state index in [9.17, 15) is 30.1 Å². The Kier molecular flexibility index (Phi) is 6.76. The number of hydrogen-bond donors (Lipinski definition) is 7. The van der Waals surface area contributed by atoms with Crippen molar-refractivity contribution in [3.63, 3.8) is 0 Å². The first kappa shape index (κ1) is 24.2. The second-order valence-electron chi connectivity index (χ2n) is 6.13. The van der Waals surface area contributed by atoms with Crippen LogP contribution in [0.4, 0.5) is 34.9 Å². The number of nitrogens with two attached hydrogens (primary N) is 1. The Balaban J connectivity index is 1.93. The molecule has 3 aromatic rings. The Hall–Kier alpha value is -3.42. The third kappa shape index (κ3) is 6.54. The average Bonchev–Trinajstić information content (AvgIpc) is 2.67. The Bertz CT molecular complexity index is 1430. The van der Waals surface area contributed by atoms with Gasteiger partial charge in [-0.3, -0.25) is 18.4 Å². The van der Waals surface area contributed by atoms with Crippen molar-refractivity contribution in [1.29, 1.82) is 0 Å². The molecule has 0 fully saturated rings. The molecule has 8 N–H and O–H groups in total. The molecule has 1 heterocycles. The molecule has 1 aromatic heterocycles. The fourth-order valence-corrected chi connectivity index (χ4v) is 3.94. The molecule has 0 aliphatic heterocycles. The Labute approximate surface area is 189 Å². The van der Waals surface area contributed by atoms with Crippen LogP contribution in [0.2, 0.25) is 0 Å². The van der Waals surface area contributed by atoms with Gasteiger partial charge in [0.1, 0.15) is 4.90 Å². The molecule has 0 saturated heterocycles. The van der Waals surface area contributed by atoms with Gasteiger partial charge >= 0.3 is 0 Å². The summed E-state index contributed by atoms with van der Waals surface area (Å²) in [6, 6.07) is 8.31. The molecule has 1 unspecified atom stereocenters. The van der Waals surface area contributed by atoms with Gasteiger partial charge in [-0.15, -0.1) is 0 Å². The van der Waals surface area contributed by atoms with Crippen LogP contribution in [0.1, 0.15) is 0 Å². The first-order valence-corrected chi connectivity index (χ1v) is 12.4. The summed E-state index contributed by atoms with van der Waals surface area (Å²) >= 11 is -2.24. The number of nitrogen functional groups attached to an aromatic ring is 1. The fraction of sp³-hybridized carbons (Fsp3) is 0. The minimum Gasteiger partial charge on any atom is -0.368 e. The van der Waals surface area contributed by atoms with Gasteiger partial charge in [0.2, 0.25) is 17.8 Å². The molecule has 15 nitrogen and oxygen atoms in total. The molecule has 3 rings (SSSR count). The molecule has 33 heavy (non-hydrogen) atoms. The van der Waals surface area contributed by atoms with E-state index in [1.165, 1.54) is 24.3 Å². The van der Waals surface area contributed by atoms with E-state index < -0.39 is 47.0 Å². The molecule has 1 atom stereocenters. The maximum Gasteiger partial charge on any atom is 0.296 e. The van der Waals surface area contributed by atoms with E-state index in [1.807, 2.05) is 0 Å². The number of benzene rings is 2. The largest absolute Gasteiger partial charge is 0.368 e. The molecular formula is C15H15N7O8S3. The molecule has 176 valence electrons. The van der Waals surface area contributed by atoms with Crippen molar-refractivity contribution in [3.05, 3.63) is 42.5 Å². The standard InChI is InChI=1S/C15H15N7O8S3/c16-13-19-14(17-8-1-3-9(4-2-8)22-31(23)24)21-15(20-13)18-11-7-10(32(25,26)27)5-6-12(11)33(28,29)30/h1-7,22H,(H,23,24)(H,25,26,27)(H,28,29,30)(H4,16,17,18,19,20,21). The summed E-state index contributed by atoms with van der Waals surface area (Å²) in [5.41, 5.74) is 5.98. The van der Waals surface area contributed by atoms with Gasteiger partial charge in [-0.05, 0) is 42.5 Å². The molecule has 0 aliphatic rings. The van der Waals surface area contributed by atoms with Gasteiger partial charge in [-0.25, -0.2) is 4.21 Å². The molecule has 0 bridgehead atoms. The van der Waals surface area contributed by atoms with Crippen LogP contribution in [0, 0.1) is 0 Å². The minimum atomic E-state index is -4.80. The molecule has 18 heteroatoms. The van der Waals surface area contributed by atoms with Crippen LogP contribution in [0.5, 0.6) is 0 Å². The van der Waals surface area contributed by atoms with Crippen LogP contribution in [-0.4, -0.2) is 49.7 Å². The first-order valence-electron chi connectivity index (χ1n) is 8.43. The number of nitrogens with one attached hydrogen (secondary N) is 3. The number of nitrogens with zero attached hydrogens (tertiary/aromatic N) is 3.